The Morgan fingerprint density at radius 3 is 2.52 bits per heavy atom. The zero-order valence-corrected chi connectivity index (χ0v) is 19.5. The number of ketones is 1. The molecule has 1 N–H and O–H groups in total. The first-order valence-corrected chi connectivity index (χ1v) is 12.7. The van der Waals surface area contributed by atoms with Crippen molar-refractivity contribution in [1.82, 2.24) is 9.71 Å². The van der Waals surface area contributed by atoms with Gasteiger partial charge in [0.05, 0.1) is 6.26 Å². The highest BCUT2D eigenvalue weighted by molar-refractivity contribution is 7.88. The van der Waals surface area contributed by atoms with E-state index in [1.807, 2.05) is 11.0 Å². The number of halogens is 3. The lowest BCUT2D eigenvalue weighted by atomic mass is 9.92. The largest absolute Gasteiger partial charge is 0.433 e. The molecule has 0 bridgehead atoms. The Kier molecular flexibility index (Phi) is 7.79. The van der Waals surface area contributed by atoms with Gasteiger partial charge < -0.3 is 4.90 Å². The normalized spacial score (nSPS) is 15.6. The molecular weight excluding hydrogens is 455 g/mol. The molecule has 6 nitrogen and oxygen atoms in total. The number of aryl methyl sites for hydroxylation is 1. The summed E-state index contributed by atoms with van der Waals surface area (Å²) in [6, 6.07) is 9.54. The summed E-state index contributed by atoms with van der Waals surface area (Å²) in [5.41, 5.74) is 1.21. The van der Waals surface area contributed by atoms with E-state index >= 15 is 0 Å². The van der Waals surface area contributed by atoms with Crippen LogP contribution < -0.4 is 9.62 Å². The monoisotopic (exact) mass is 483 g/mol. The first kappa shape index (κ1) is 25.2. The molecule has 0 radical (unpaired) electrons. The number of nitrogens with one attached hydrogen (secondary N) is 1. The topological polar surface area (TPSA) is 79.4 Å². The Morgan fingerprint density at radius 1 is 1.18 bits per heavy atom. The van der Waals surface area contributed by atoms with Crippen LogP contribution in [-0.2, 0) is 34.0 Å². The van der Waals surface area contributed by atoms with E-state index in [0.29, 0.717) is 30.9 Å². The molecule has 1 fully saturated rings. The van der Waals surface area contributed by atoms with E-state index in [2.05, 4.69) is 9.71 Å². The van der Waals surface area contributed by atoms with Gasteiger partial charge in [-0.25, -0.2) is 18.1 Å². The predicted molar refractivity (Wildman–Crippen MR) is 121 cm³/mol. The third kappa shape index (κ3) is 7.01. The molecule has 0 spiro atoms. The summed E-state index contributed by atoms with van der Waals surface area (Å²) >= 11 is 0. The maximum atomic E-state index is 13.2. The van der Waals surface area contributed by atoms with E-state index in [-0.39, 0.29) is 18.7 Å². The second kappa shape index (κ2) is 10.2. The van der Waals surface area contributed by atoms with Gasteiger partial charge >= 0.3 is 6.18 Å². The smallest absolute Gasteiger partial charge is 0.356 e. The van der Waals surface area contributed by atoms with E-state index in [1.165, 1.54) is 6.07 Å². The van der Waals surface area contributed by atoms with Gasteiger partial charge in [-0.05, 0) is 42.0 Å². The third-order valence-electron chi connectivity index (χ3n) is 5.77. The van der Waals surface area contributed by atoms with Crippen molar-refractivity contribution in [1.29, 1.82) is 0 Å². The molecule has 1 aromatic carbocycles. The minimum absolute atomic E-state index is 0.0458. The van der Waals surface area contributed by atoms with Crippen LogP contribution in [-0.4, -0.2) is 38.5 Å². The maximum Gasteiger partial charge on any atom is 0.433 e. The highest BCUT2D eigenvalue weighted by Gasteiger charge is 2.34. The Bertz CT molecular complexity index is 1100. The highest BCUT2D eigenvalue weighted by atomic mass is 32.2. The van der Waals surface area contributed by atoms with Gasteiger partial charge in [-0.1, -0.05) is 37.3 Å². The molecule has 1 aliphatic rings. The van der Waals surface area contributed by atoms with Crippen molar-refractivity contribution in [3.8, 4) is 0 Å². The quantitative estimate of drug-likeness (QED) is 0.582. The number of rotatable bonds is 9. The van der Waals surface area contributed by atoms with Crippen molar-refractivity contribution < 1.29 is 26.4 Å². The van der Waals surface area contributed by atoms with Crippen LogP contribution in [0, 0.1) is 0 Å². The zero-order valence-electron chi connectivity index (χ0n) is 18.7. The molecule has 2 aromatic rings. The molecule has 33 heavy (non-hydrogen) atoms. The first-order chi connectivity index (χ1) is 15.4. The van der Waals surface area contributed by atoms with Crippen LogP contribution in [0.4, 0.5) is 19.0 Å². The lowest BCUT2D eigenvalue weighted by Gasteiger charge is -2.22. The summed E-state index contributed by atoms with van der Waals surface area (Å²) in [5.74, 6) is -0.159. The molecule has 0 amide bonds. The van der Waals surface area contributed by atoms with Crippen molar-refractivity contribution in [3.63, 3.8) is 0 Å². The molecule has 1 aromatic heterocycles. The van der Waals surface area contributed by atoms with Gasteiger partial charge in [0.2, 0.25) is 10.0 Å². The number of Topliss-reactive ketones (excluding diaryl/α,β-unsaturated/α-hetero) is 1. The van der Waals surface area contributed by atoms with E-state index in [1.54, 1.807) is 25.1 Å². The third-order valence-corrected chi connectivity index (χ3v) is 6.43. The van der Waals surface area contributed by atoms with Gasteiger partial charge in [-0.2, -0.15) is 13.2 Å². The van der Waals surface area contributed by atoms with Gasteiger partial charge in [-0.3, -0.25) is 4.79 Å². The van der Waals surface area contributed by atoms with E-state index in [4.69, 9.17) is 0 Å². The Balaban J connectivity index is 1.71. The van der Waals surface area contributed by atoms with Crippen LogP contribution in [0.15, 0.2) is 36.4 Å². The molecule has 1 atom stereocenters. The van der Waals surface area contributed by atoms with Gasteiger partial charge in [0.1, 0.15) is 17.3 Å². The number of pyridine rings is 1. The number of hydrogen-bond donors (Lipinski definition) is 1. The number of nitrogens with zero attached hydrogens (tertiary/aromatic N) is 2. The average molecular weight is 484 g/mol. The molecule has 3 rings (SSSR count). The summed E-state index contributed by atoms with van der Waals surface area (Å²) in [7, 11) is -3.33. The molecule has 1 unspecified atom stereocenters. The van der Waals surface area contributed by atoms with Crippen LogP contribution >= 0.6 is 0 Å². The minimum atomic E-state index is -4.52. The maximum absolute atomic E-state index is 13.2. The van der Waals surface area contributed by atoms with Gasteiger partial charge in [0.15, 0.2) is 0 Å². The summed E-state index contributed by atoms with van der Waals surface area (Å²) in [4.78, 5) is 18.6. The van der Waals surface area contributed by atoms with Crippen molar-refractivity contribution in [2.45, 2.75) is 51.2 Å². The van der Waals surface area contributed by atoms with Crippen molar-refractivity contribution in [2.24, 2.45) is 0 Å². The average Bonchev–Trinajstić information content (AvgIpc) is 3.29. The molecule has 10 heteroatoms. The van der Waals surface area contributed by atoms with Gasteiger partial charge in [0, 0.05) is 32.0 Å². The SMILES string of the molecule is CC(C(=O)CCc1ccc(C(F)(F)F)nc1N1CCCC1)c1cccc(CNS(C)(=O)=O)c1. The number of carbonyl (C=O) groups excluding carboxylic acids is 1. The number of carbonyl (C=O) groups is 1. The molecule has 180 valence electrons. The number of hydrogen-bond acceptors (Lipinski definition) is 5. The highest BCUT2D eigenvalue weighted by Crippen LogP contribution is 2.32. The number of anilines is 1. The van der Waals surface area contributed by atoms with E-state index < -0.39 is 27.8 Å². The Labute approximate surface area is 192 Å². The molecule has 0 saturated carbocycles. The lowest BCUT2D eigenvalue weighted by molar-refractivity contribution is -0.141. The van der Waals surface area contributed by atoms with E-state index in [0.717, 1.165) is 36.3 Å². The van der Waals surface area contributed by atoms with Gasteiger partial charge in [0.25, 0.3) is 0 Å². The number of benzene rings is 1. The van der Waals surface area contributed by atoms with Crippen LogP contribution in [0.3, 0.4) is 0 Å². The van der Waals surface area contributed by atoms with Crippen LogP contribution in [0.25, 0.3) is 0 Å². The molecule has 2 heterocycles. The zero-order chi connectivity index (χ0) is 24.2. The second-order valence-corrected chi connectivity index (χ2v) is 10.2. The fourth-order valence-corrected chi connectivity index (χ4v) is 4.31. The number of sulfonamides is 1. The lowest BCUT2D eigenvalue weighted by Crippen LogP contribution is -2.23. The van der Waals surface area contributed by atoms with Gasteiger partial charge in [-0.15, -0.1) is 0 Å². The summed E-state index contributed by atoms with van der Waals surface area (Å²) in [6.07, 6.45) is -1.17. The fourth-order valence-electron chi connectivity index (χ4n) is 3.88. The standard InChI is InChI=1S/C23H28F3N3O3S/c1-16(19-7-5-6-17(14-19)15-27-33(2,31)32)20(30)10-8-18-9-11-21(23(24,25)26)28-22(18)29-12-3-4-13-29/h5-7,9,11,14,16,27H,3-4,8,10,12-13,15H2,1-2H3. The predicted octanol–water partition coefficient (Wildman–Crippen LogP) is 4.06. The van der Waals surface area contributed by atoms with Crippen molar-refractivity contribution in [2.75, 3.05) is 24.2 Å². The van der Waals surface area contributed by atoms with Crippen LogP contribution in [0.1, 0.15) is 54.5 Å². The molecule has 0 aliphatic carbocycles. The Morgan fingerprint density at radius 2 is 1.88 bits per heavy atom. The molecule has 1 saturated heterocycles. The van der Waals surface area contributed by atoms with Crippen molar-refractivity contribution in [3.05, 3.63) is 58.8 Å². The first-order valence-electron chi connectivity index (χ1n) is 10.8. The summed E-state index contributed by atoms with van der Waals surface area (Å²) in [5, 5.41) is 0. The summed E-state index contributed by atoms with van der Waals surface area (Å²) < 4.78 is 64.6. The second-order valence-electron chi connectivity index (χ2n) is 8.40. The van der Waals surface area contributed by atoms with Crippen LogP contribution in [0.2, 0.25) is 0 Å². The summed E-state index contributed by atoms with van der Waals surface area (Å²) in [6.45, 7) is 3.21. The van der Waals surface area contributed by atoms with Crippen molar-refractivity contribution >= 4 is 21.6 Å². The molecule has 1 aliphatic heterocycles. The van der Waals surface area contributed by atoms with E-state index in [9.17, 15) is 26.4 Å². The molecular formula is C23H28F3N3O3S. The number of alkyl halides is 3. The number of aromatic nitrogens is 1. The van der Waals surface area contributed by atoms with Crippen LogP contribution in [0.5, 0.6) is 0 Å². The Hall–Kier alpha value is -2.46. The fraction of sp³-hybridized carbons (Fsp3) is 0.478. The minimum Gasteiger partial charge on any atom is -0.356 e.